The van der Waals surface area contributed by atoms with Gasteiger partial charge in [0.2, 0.25) is 0 Å². The lowest BCUT2D eigenvalue weighted by molar-refractivity contribution is 0.0917. The predicted molar refractivity (Wildman–Crippen MR) is 114 cm³/mol. The van der Waals surface area contributed by atoms with Crippen LogP contribution in [0.1, 0.15) is 23.2 Å². The summed E-state index contributed by atoms with van der Waals surface area (Å²) in [5.41, 5.74) is 1.55. The summed E-state index contributed by atoms with van der Waals surface area (Å²) in [6.07, 6.45) is 4.08. The van der Waals surface area contributed by atoms with Gasteiger partial charge in [-0.05, 0) is 55.5 Å². The van der Waals surface area contributed by atoms with Crippen molar-refractivity contribution in [1.29, 1.82) is 0 Å². The van der Waals surface area contributed by atoms with Crippen molar-refractivity contribution in [1.82, 2.24) is 4.98 Å². The van der Waals surface area contributed by atoms with Gasteiger partial charge in [0.1, 0.15) is 0 Å². The Hall–Kier alpha value is -1.60. The normalized spacial score (nSPS) is 16.7. The first-order valence-corrected chi connectivity index (χ1v) is 11.2. The minimum Gasteiger partial charge on any atom is -0.376 e. The molecule has 7 heteroatoms. The molecule has 4 nitrogen and oxygen atoms in total. The highest BCUT2D eigenvalue weighted by atomic mass is 35.5. The number of halogens is 1. The number of hydrogen-bond acceptors (Lipinski definition) is 5. The largest absolute Gasteiger partial charge is 0.376 e. The third kappa shape index (κ3) is 3.99. The quantitative estimate of drug-likeness (QED) is 0.513. The van der Waals surface area contributed by atoms with Crippen LogP contribution in [0.15, 0.2) is 47.4 Å². The van der Waals surface area contributed by atoms with Crippen molar-refractivity contribution in [3.05, 3.63) is 53.1 Å². The monoisotopic (exact) mass is 418 g/mol. The zero-order valence-electron chi connectivity index (χ0n) is 14.9. The second-order valence-electron chi connectivity index (χ2n) is 6.36. The lowest BCUT2D eigenvalue weighted by atomic mass is 10.2. The van der Waals surface area contributed by atoms with Crippen LogP contribution in [-0.4, -0.2) is 36.4 Å². The summed E-state index contributed by atoms with van der Waals surface area (Å²) in [7, 11) is 0. The van der Waals surface area contributed by atoms with E-state index in [0.29, 0.717) is 22.3 Å². The summed E-state index contributed by atoms with van der Waals surface area (Å²) < 4.78 is 6.87. The SMILES string of the molecule is CSc1cccc2sc(N(C[C@H]3CCCO3)C(=O)c3ccc(Cl)cc3)nc12. The first kappa shape index (κ1) is 18.7. The molecule has 4 rings (SSSR count). The number of anilines is 1. The molecule has 1 amide bonds. The second kappa shape index (κ2) is 8.19. The highest BCUT2D eigenvalue weighted by Crippen LogP contribution is 2.35. The molecule has 0 unspecified atom stereocenters. The fourth-order valence-electron chi connectivity index (χ4n) is 3.18. The van der Waals surface area contributed by atoms with Gasteiger partial charge in [0, 0.05) is 22.1 Å². The van der Waals surface area contributed by atoms with E-state index >= 15 is 0 Å². The van der Waals surface area contributed by atoms with Crippen molar-refractivity contribution in [2.75, 3.05) is 24.3 Å². The van der Waals surface area contributed by atoms with Crippen LogP contribution in [0.3, 0.4) is 0 Å². The van der Waals surface area contributed by atoms with E-state index in [1.54, 1.807) is 52.3 Å². The van der Waals surface area contributed by atoms with E-state index in [2.05, 4.69) is 6.07 Å². The van der Waals surface area contributed by atoms with Gasteiger partial charge in [-0.25, -0.2) is 4.98 Å². The van der Waals surface area contributed by atoms with Gasteiger partial charge in [-0.15, -0.1) is 11.8 Å². The molecular weight excluding hydrogens is 400 g/mol. The highest BCUT2D eigenvalue weighted by molar-refractivity contribution is 7.98. The number of thioether (sulfide) groups is 1. The number of benzene rings is 2. The Bertz CT molecular complexity index is 952. The van der Waals surface area contributed by atoms with E-state index in [0.717, 1.165) is 34.6 Å². The number of carbonyl (C=O) groups excluding carboxylic acids is 1. The van der Waals surface area contributed by atoms with Crippen LogP contribution >= 0.6 is 34.7 Å². The summed E-state index contributed by atoms with van der Waals surface area (Å²) in [5, 5.41) is 1.32. The molecule has 2 heterocycles. The molecule has 0 radical (unpaired) electrons. The van der Waals surface area contributed by atoms with Gasteiger partial charge in [-0.2, -0.15) is 0 Å². The number of ether oxygens (including phenoxy) is 1. The summed E-state index contributed by atoms with van der Waals surface area (Å²) in [6.45, 7) is 1.26. The molecule has 1 aromatic heterocycles. The number of rotatable bonds is 5. The van der Waals surface area contributed by atoms with Gasteiger partial charge >= 0.3 is 0 Å². The predicted octanol–water partition coefficient (Wildman–Crippen LogP) is 5.50. The molecule has 0 saturated carbocycles. The van der Waals surface area contributed by atoms with E-state index < -0.39 is 0 Å². The van der Waals surface area contributed by atoms with E-state index in [-0.39, 0.29) is 12.0 Å². The van der Waals surface area contributed by atoms with E-state index in [1.807, 2.05) is 18.4 Å². The Balaban J connectivity index is 1.73. The van der Waals surface area contributed by atoms with Crippen molar-refractivity contribution >= 4 is 56.0 Å². The molecule has 1 aliphatic heterocycles. The molecule has 1 fully saturated rings. The lowest BCUT2D eigenvalue weighted by Gasteiger charge is -2.23. The van der Waals surface area contributed by atoms with Crippen LogP contribution in [0.2, 0.25) is 5.02 Å². The van der Waals surface area contributed by atoms with E-state index in [4.69, 9.17) is 21.3 Å². The van der Waals surface area contributed by atoms with Gasteiger partial charge in [-0.1, -0.05) is 29.0 Å². The lowest BCUT2D eigenvalue weighted by Crippen LogP contribution is -2.37. The third-order valence-corrected chi connectivity index (χ3v) is 6.63. The topological polar surface area (TPSA) is 42.4 Å². The minimum atomic E-state index is -0.0769. The first-order chi connectivity index (χ1) is 13.2. The van der Waals surface area contributed by atoms with Gasteiger partial charge in [-0.3, -0.25) is 9.69 Å². The Morgan fingerprint density at radius 3 is 2.85 bits per heavy atom. The Morgan fingerprint density at radius 2 is 2.15 bits per heavy atom. The molecule has 27 heavy (non-hydrogen) atoms. The number of nitrogens with zero attached hydrogens (tertiary/aromatic N) is 2. The van der Waals surface area contributed by atoms with E-state index in [1.165, 1.54) is 0 Å². The first-order valence-electron chi connectivity index (χ1n) is 8.78. The number of fused-ring (bicyclic) bond motifs is 1. The van der Waals surface area contributed by atoms with Crippen LogP contribution < -0.4 is 4.90 Å². The van der Waals surface area contributed by atoms with E-state index in [9.17, 15) is 4.79 Å². The zero-order valence-corrected chi connectivity index (χ0v) is 17.2. The van der Waals surface area contributed by atoms with Crippen LogP contribution in [0.4, 0.5) is 5.13 Å². The molecule has 0 bridgehead atoms. The van der Waals surface area contributed by atoms with Gasteiger partial charge in [0.05, 0.1) is 22.9 Å². The van der Waals surface area contributed by atoms with Crippen molar-refractivity contribution in [3.63, 3.8) is 0 Å². The summed E-state index contributed by atoms with van der Waals surface area (Å²) in [5.74, 6) is -0.0769. The fraction of sp³-hybridized carbons (Fsp3) is 0.300. The Kier molecular flexibility index (Phi) is 5.68. The van der Waals surface area contributed by atoms with Crippen LogP contribution in [0, 0.1) is 0 Å². The molecule has 1 saturated heterocycles. The maximum atomic E-state index is 13.3. The molecule has 1 aliphatic rings. The average molecular weight is 419 g/mol. The van der Waals surface area contributed by atoms with Gasteiger partial charge in [0.15, 0.2) is 5.13 Å². The second-order valence-corrected chi connectivity index (χ2v) is 8.65. The fourth-order valence-corrected chi connectivity index (χ4v) is 4.93. The summed E-state index contributed by atoms with van der Waals surface area (Å²) in [4.78, 5) is 21.0. The smallest absolute Gasteiger partial charge is 0.260 e. The average Bonchev–Trinajstić information content (AvgIpc) is 3.35. The molecular formula is C20H19ClN2O2S2. The molecule has 2 aromatic carbocycles. The number of aromatic nitrogens is 1. The summed E-state index contributed by atoms with van der Waals surface area (Å²) in [6, 6.07) is 13.1. The number of para-hydroxylation sites is 1. The molecule has 0 N–H and O–H groups in total. The maximum Gasteiger partial charge on any atom is 0.260 e. The molecule has 140 valence electrons. The molecule has 0 aliphatic carbocycles. The highest BCUT2D eigenvalue weighted by Gasteiger charge is 2.27. The standard InChI is InChI=1S/C20H19ClN2O2S2/c1-26-16-5-2-6-17-18(16)22-20(27-17)23(12-15-4-3-11-25-15)19(24)13-7-9-14(21)10-8-13/h2,5-10,15H,3-4,11-12H2,1H3/t15-/m1/s1. The van der Waals surface area contributed by atoms with Gasteiger partial charge < -0.3 is 4.74 Å². The van der Waals surface area contributed by atoms with Crippen molar-refractivity contribution in [2.24, 2.45) is 0 Å². The Labute approximate surface area is 171 Å². The molecule has 0 spiro atoms. The minimum absolute atomic E-state index is 0.0493. The number of amides is 1. The Morgan fingerprint density at radius 1 is 1.33 bits per heavy atom. The molecule has 3 aromatic rings. The van der Waals surface area contributed by atoms with Crippen molar-refractivity contribution < 1.29 is 9.53 Å². The number of thiazole rings is 1. The van der Waals surface area contributed by atoms with Gasteiger partial charge in [0.25, 0.3) is 5.91 Å². The van der Waals surface area contributed by atoms with Crippen LogP contribution in [0.5, 0.6) is 0 Å². The number of hydrogen-bond donors (Lipinski definition) is 0. The summed E-state index contributed by atoms with van der Waals surface area (Å²) >= 11 is 9.19. The zero-order chi connectivity index (χ0) is 18.8. The maximum absolute atomic E-state index is 13.3. The third-order valence-electron chi connectivity index (χ3n) is 4.57. The van der Waals surface area contributed by atoms with Crippen molar-refractivity contribution in [2.45, 2.75) is 23.8 Å². The van der Waals surface area contributed by atoms with Crippen molar-refractivity contribution in [3.8, 4) is 0 Å². The van der Waals surface area contributed by atoms with Crippen LogP contribution in [-0.2, 0) is 4.74 Å². The van der Waals surface area contributed by atoms with Crippen LogP contribution in [0.25, 0.3) is 10.2 Å². The number of carbonyl (C=O) groups is 1. The molecule has 1 atom stereocenters.